The molecule has 1 aromatic carbocycles. The number of anilines is 1. The highest BCUT2D eigenvalue weighted by Crippen LogP contribution is 2.62. The second-order valence-electron chi connectivity index (χ2n) is 10.3. The Balaban J connectivity index is 1.64. The predicted octanol–water partition coefficient (Wildman–Crippen LogP) is 3.50. The summed E-state index contributed by atoms with van der Waals surface area (Å²) >= 11 is 1.35. The number of nitrogens with zero attached hydrogens (tertiary/aromatic N) is 1. The number of aliphatic hydroxyl groups excluding tert-OH is 2. The lowest BCUT2D eigenvalue weighted by Gasteiger charge is -2.58. The van der Waals surface area contributed by atoms with Gasteiger partial charge < -0.3 is 20.8 Å². The molecule has 190 valence electrons. The molecule has 0 spiro atoms. The van der Waals surface area contributed by atoms with Crippen molar-refractivity contribution in [2.24, 2.45) is 16.7 Å². The third-order valence-corrected chi connectivity index (χ3v) is 8.99. The largest absolute Gasteiger partial charge is 0.396 e. The maximum Gasteiger partial charge on any atom is 0.223 e. The molecule has 1 aromatic heterocycles. The van der Waals surface area contributed by atoms with Crippen LogP contribution >= 0.6 is 11.3 Å². The van der Waals surface area contributed by atoms with Crippen molar-refractivity contribution in [1.29, 1.82) is 0 Å². The summed E-state index contributed by atoms with van der Waals surface area (Å²) in [4.78, 5) is 30.3. The minimum Gasteiger partial charge on any atom is -0.396 e. The summed E-state index contributed by atoms with van der Waals surface area (Å²) < 4.78 is 27.1. The molecule has 2 amide bonds. The van der Waals surface area contributed by atoms with E-state index in [0.29, 0.717) is 30.0 Å². The number of fused-ring (bicyclic) bond motifs is 2. The van der Waals surface area contributed by atoms with Gasteiger partial charge in [0.2, 0.25) is 11.8 Å². The van der Waals surface area contributed by atoms with Crippen LogP contribution in [0.1, 0.15) is 62.1 Å². The topological polar surface area (TPSA) is 112 Å². The molecule has 7 nitrogen and oxygen atoms in total. The number of hydrogen-bond acceptors (Lipinski definition) is 6. The van der Waals surface area contributed by atoms with Crippen LogP contribution < -0.4 is 10.6 Å². The van der Waals surface area contributed by atoms with E-state index < -0.39 is 28.6 Å². The molecule has 0 saturated heterocycles. The summed E-state index contributed by atoms with van der Waals surface area (Å²) in [6.07, 6.45) is 1.12. The van der Waals surface area contributed by atoms with Crippen molar-refractivity contribution < 1.29 is 28.6 Å². The molecule has 35 heavy (non-hydrogen) atoms. The third kappa shape index (κ3) is 4.83. The molecule has 1 fully saturated rings. The smallest absolute Gasteiger partial charge is 0.223 e. The van der Waals surface area contributed by atoms with Crippen LogP contribution in [-0.2, 0) is 22.6 Å². The second-order valence-corrected chi connectivity index (χ2v) is 11.4. The molecule has 0 bridgehead atoms. The van der Waals surface area contributed by atoms with Gasteiger partial charge in [0, 0.05) is 42.2 Å². The van der Waals surface area contributed by atoms with Crippen molar-refractivity contribution in [3.63, 3.8) is 0 Å². The average Bonchev–Trinajstić information content (AvgIpc) is 3.17. The van der Waals surface area contributed by atoms with E-state index in [2.05, 4.69) is 22.5 Å². The summed E-state index contributed by atoms with van der Waals surface area (Å²) in [5.41, 5.74) is -0.120. The number of hydrogen-bond donors (Lipinski definition) is 4. The van der Waals surface area contributed by atoms with Gasteiger partial charge in [-0.2, -0.15) is 0 Å². The van der Waals surface area contributed by atoms with Crippen LogP contribution in [0.25, 0.3) is 0 Å². The Kier molecular flexibility index (Phi) is 7.00. The Morgan fingerprint density at radius 3 is 2.54 bits per heavy atom. The highest BCUT2D eigenvalue weighted by molar-refractivity contribution is 7.15. The molecule has 5 unspecified atom stereocenters. The first-order valence-corrected chi connectivity index (χ1v) is 12.6. The SMILES string of the molecule is CC(=O)Nc1nc2c(s1)CC1C(C)(CO)C(O)CCC1(C)C2CC(=O)NCc1cc(F)cc(F)c1. The minimum absolute atomic E-state index is 0.0193. The number of thiazole rings is 1. The van der Waals surface area contributed by atoms with Crippen molar-refractivity contribution in [1.82, 2.24) is 10.3 Å². The lowest BCUT2D eigenvalue weighted by molar-refractivity contribution is -0.144. The fourth-order valence-electron chi connectivity index (χ4n) is 6.02. The lowest BCUT2D eigenvalue weighted by atomic mass is 9.47. The van der Waals surface area contributed by atoms with Gasteiger partial charge in [-0.15, -0.1) is 11.3 Å². The first-order valence-electron chi connectivity index (χ1n) is 11.7. The van der Waals surface area contributed by atoms with E-state index in [0.717, 1.165) is 16.6 Å². The molecule has 2 aliphatic carbocycles. The fourth-order valence-corrected chi connectivity index (χ4v) is 7.14. The zero-order valence-corrected chi connectivity index (χ0v) is 20.8. The van der Waals surface area contributed by atoms with Gasteiger partial charge in [0.25, 0.3) is 0 Å². The number of aromatic nitrogens is 1. The van der Waals surface area contributed by atoms with Gasteiger partial charge in [-0.25, -0.2) is 13.8 Å². The van der Waals surface area contributed by atoms with Crippen molar-refractivity contribution in [2.45, 2.75) is 65.0 Å². The summed E-state index contributed by atoms with van der Waals surface area (Å²) in [6, 6.07) is 3.13. The molecule has 5 atom stereocenters. The van der Waals surface area contributed by atoms with Crippen LogP contribution in [0.3, 0.4) is 0 Å². The van der Waals surface area contributed by atoms with Gasteiger partial charge in [0.05, 0.1) is 18.4 Å². The number of carbonyl (C=O) groups is 2. The monoisotopic (exact) mass is 507 g/mol. The van der Waals surface area contributed by atoms with E-state index in [1.807, 2.05) is 6.92 Å². The number of halogens is 2. The lowest BCUT2D eigenvalue weighted by Crippen LogP contribution is -2.57. The van der Waals surface area contributed by atoms with Crippen LogP contribution in [0.4, 0.5) is 13.9 Å². The molecule has 4 N–H and O–H groups in total. The van der Waals surface area contributed by atoms with Gasteiger partial charge in [0.15, 0.2) is 5.13 Å². The Morgan fingerprint density at radius 1 is 1.23 bits per heavy atom. The first kappa shape index (κ1) is 25.7. The van der Waals surface area contributed by atoms with E-state index in [1.165, 1.54) is 30.4 Å². The minimum atomic E-state index is -0.753. The number of nitrogens with one attached hydrogen (secondary N) is 2. The van der Waals surface area contributed by atoms with E-state index >= 15 is 0 Å². The third-order valence-electron chi connectivity index (χ3n) is 7.98. The predicted molar refractivity (Wildman–Crippen MR) is 128 cm³/mol. The normalized spacial score (nSPS) is 29.7. The van der Waals surface area contributed by atoms with Crippen LogP contribution in [0.15, 0.2) is 18.2 Å². The quantitative estimate of drug-likeness (QED) is 0.478. The standard InChI is InChI=1S/C25H31F2N3O4S/c1-13(32)29-23-30-22-17(9-21(34)28-11-14-6-15(26)8-16(27)7-14)24(2)5-4-20(33)25(3,12-31)19(24)10-18(22)35-23/h6-8,17,19-20,31,33H,4-5,9-12H2,1-3H3,(H,28,34)(H,29,30,32). The van der Waals surface area contributed by atoms with Crippen LogP contribution in [0.5, 0.6) is 0 Å². The molecule has 1 heterocycles. The highest BCUT2D eigenvalue weighted by Gasteiger charge is 2.59. The fraction of sp³-hybridized carbons (Fsp3) is 0.560. The molecule has 0 aliphatic heterocycles. The molecular formula is C25H31F2N3O4S. The van der Waals surface area contributed by atoms with Gasteiger partial charge in [-0.1, -0.05) is 13.8 Å². The average molecular weight is 508 g/mol. The molecule has 2 aromatic rings. The maximum absolute atomic E-state index is 13.5. The van der Waals surface area contributed by atoms with Crippen LogP contribution in [-0.4, -0.2) is 39.7 Å². The van der Waals surface area contributed by atoms with Crippen molar-refractivity contribution in [3.05, 3.63) is 46.0 Å². The Hall–Kier alpha value is -2.43. The summed E-state index contributed by atoms with van der Waals surface area (Å²) in [7, 11) is 0. The van der Waals surface area contributed by atoms with Crippen LogP contribution in [0, 0.1) is 28.4 Å². The van der Waals surface area contributed by atoms with Gasteiger partial charge >= 0.3 is 0 Å². The molecule has 1 saturated carbocycles. The van der Waals surface area contributed by atoms with E-state index in [1.54, 1.807) is 0 Å². The van der Waals surface area contributed by atoms with E-state index in [-0.39, 0.29) is 43.2 Å². The second kappa shape index (κ2) is 9.55. The zero-order valence-electron chi connectivity index (χ0n) is 20.0. The zero-order chi connectivity index (χ0) is 25.5. The Labute approximate surface area is 207 Å². The molecular weight excluding hydrogens is 476 g/mol. The maximum atomic E-state index is 13.5. The first-order chi connectivity index (χ1) is 16.5. The molecule has 2 aliphatic rings. The summed E-state index contributed by atoms with van der Waals surface area (Å²) in [5.74, 6) is -2.39. The Bertz CT molecular complexity index is 1120. The van der Waals surface area contributed by atoms with Gasteiger partial charge in [0.1, 0.15) is 11.6 Å². The number of carbonyl (C=O) groups excluding carboxylic acids is 2. The van der Waals surface area contributed by atoms with E-state index in [4.69, 9.17) is 0 Å². The number of benzene rings is 1. The number of rotatable bonds is 6. The van der Waals surface area contributed by atoms with Gasteiger partial charge in [-0.05, 0) is 48.3 Å². The summed E-state index contributed by atoms with van der Waals surface area (Å²) in [5, 5.41) is 27.1. The van der Waals surface area contributed by atoms with Crippen LogP contribution in [0.2, 0.25) is 0 Å². The van der Waals surface area contributed by atoms with E-state index in [9.17, 15) is 28.6 Å². The van der Waals surface area contributed by atoms with Crippen molar-refractivity contribution in [2.75, 3.05) is 11.9 Å². The van der Waals surface area contributed by atoms with Crippen molar-refractivity contribution >= 4 is 28.3 Å². The number of aliphatic hydroxyl groups is 2. The van der Waals surface area contributed by atoms with Gasteiger partial charge in [-0.3, -0.25) is 9.59 Å². The molecule has 4 rings (SSSR count). The molecule has 0 radical (unpaired) electrons. The molecule has 10 heteroatoms. The Morgan fingerprint density at radius 2 is 1.91 bits per heavy atom. The van der Waals surface area contributed by atoms with Crippen molar-refractivity contribution in [3.8, 4) is 0 Å². The number of amides is 2. The highest BCUT2D eigenvalue weighted by atomic mass is 32.1. The summed E-state index contributed by atoms with van der Waals surface area (Å²) in [6.45, 7) is 5.16.